The molecular formula is C10H9N3OS. The summed E-state index contributed by atoms with van der Waals surface area (Å²) in [6, 6.07) is 3.38. The van der Waals surface area contributed by atoms with Gasteiger partial charge in [0.05, 0.1) is 11.2 Å². The second-order valence-electron chi connectivity index (χ2n) is 3.01. The molecule has 0 spiro atoms. The second kappa shape index (κ2) is 4.18. The van der Waals surface area contributed by atoms with Crippen LogP contribution in [0.25, 0.3) is 0 Å². The molecule has 2 aromatic heterocycles. The number of carbonyl (C=O) groups is 1. The van der Waals surface area contributed by atoms with Crippen LogP contribution >= 0.6 is 11.3 Å². The summed E-state index contributed by atoms with van der Waals surface area (Å²) in [5.74, 6) is -0.0719. The molecule has 0 unspecified atom stereocenters. The first kappa shape index (κ1) is 9.79. The minimum atomic E-state index is -0.0719. The van der Waals surface area contributed by atoms with E-state index in [1.807, 2.05) is 0 Å². The van der Waals surface area contributed by atoms with Crippen molar-refractivity contribution >= 4 is 22.8 Å². The van der Waals surface area contributed by atoms with Crippen molar-refractivity contribution in [1.29, 1.82) is 0 Å². The highest BCUT2D eigenvalue weighted by atomic mass is 32.1. The van der Waals surface area contributed by atoms with Gasteiger partial charge in [0.15, 0.2) is 5.78 Å². The Balaban J connectivity index is 2.19. The van der Waals surface area contributed by atoms with Crippen LogP contribution in [0.4, 0.5) is 5.69 Å². The molecule has 76 valence electrons. The van der Waals surface area contributed by atoms with Crippen molar-refractivity contribution in [3.8, 4) is 0 Å². The number of anilines is 1. The first-order valence-corrected chi connectivity index (χ1v) is 5.26. The Morgan fingerprint density at radius 2 is 2.40 bits per heavy atom. The number of hydrogen-bond donors (Lipinski definition) is 1. The lowest BCUT2D eigenvalue weighted by molar-refractivity contribution is 0.0990. The highest BCUT2D eigenvalue weighted by Crippen LogP contribution is 2.13. The molecule has 2 aromatic rings. The van der Waals surface area contributed by atoms with Crippen LogP contribution in [-0.2, 0) is 6.42 Å². The molecule has 0 aliphatic carbocycles. The predicted molar refractivity (Wildman–Crippen MR) is 58.8 cm³/mol. The van der Waals surface area contributed by atoms with Gasteiger partial charge in [-0.1, -0.05) is 0 Å². The van der Waals surface area contributed by atoms with Crippen LogP contribution in [0, 0.1) is 0 Å². The van der Waals surface area contributed by atoms with Crippen molar-refractivity contribution in [2.75, 3.05) is 5.73 Å². The number of hydrogen-bond acceptors (Lipinski definition) is 5. The molecule has 5 heteroatoms. The van der Waals surface area contributed by atoms with Gasteiger partial charge in [0.25, 0.3) is 0 Å². The molecule has 2 N–H and O–H groups in total. The molecule has 2 heterocycles. The Labute approximate surface area is 90.8 Å². The van der Waals surface area contributed by atoms with Crippen molar-refractivity contribution in [3.05, 3.63) is 40.6 Å². The maximum atomic E-state index is 11.8. The van der Waals surface area contributed by atoms with Gasteiger partial charge in [-0.3, -0.25) is 14.8 Å². The van der Waals surface area contributed by atoms with E-state index in [1.165, 1.54) is 11.3 Å². The molecule has 15 heavy (non-hydrogen) atoms. The van der Waals surface area contributed by atoms with E-state index in [0.29, 0.717) is 17.8 Å². The maximum absolute atomic E-state index is 11.8. The number of nitrogen functional groups attached to an aromatic ring is 1. The predicted octanol–water partition coefficient (Wildman–Crippen LogP) is 1.55. The van der Waals surface area contributed by atoms with E-state index < -0.39 is 0 Å². The molecule has 0 saturated heterocycles. The fourth-order valence-corrected chi connectivity index (χ4v) is 1.82. The first-order chi connectivity index (χ1) is 7.27. The highest BCUT2D eigenvalue weighted by Gasteiger charge is 2.12. The standard InChI is InChI=1S/C10H9N3OS/c11-8-2-1-3-13-10(8)9(14)4-7-5-12-6-15-7/h1-3,5-6H,4,11H2. The van der Waals surface area contributed by atoms with Crippen molar-refractivity contribution in [2.45, 2.75) is 6.42 Å². The summed E-state index contributed by atoms with van der Waals surface area (Å²) in [5, 5.41) is 0. The molecule has 0 atom stereocenters. The number of carbonyl (C=O) groups excluding carboxylic acids is 1. The number of rotatable bonds is 3. The normalized spacial score (nSPS) is 10.1. The Morgan fingerprint density at radius 3 is 3.07 bits per heavy atom. The molecule has 0 saturated carbocycles. The van der Waals surface area contributed by atoms with Gasteiger partial charge in [-0.15, -0.1) is 11.3 Å². The third kappa shape index (κ3) is 2.19. The zero-order valence-corrected chi connectivity index (χ0v) is 8.70. The Morgan fingerprint density at radius 1 is 1.53 bits per heavy atom. The number of aromatic nitrogens is 2. The molecule has 0 fully saturated rings. The van der Waals surface area contributed by atoms with Gasteiger partial charge in [0.1, 0.15) is 5.69 Å². The maximum Gasteiger partial charge on any atom is 0.188 e. The number of ketones is 1. The van der Waals surface area contributed by atoms with Crippen molar-refractivity contribution < 1.29 is 4.79 Å². The van der Waals surface area contributed by atoms with Gasteiger partial charge >= 0.3 is 0 Å². The summed E-state index contributed by atoms with van der Waals surface area (Å²) in [6.45, 7) is 0. The third-order valence-corrected chi connectivity index (χ3v) is 2.70. The molecule has 0 amide bonds. The van der Waals surface area contributed by atoms with Crippen LogP contribution in [0.15, 0.2) is 30.0 Å². The SMILES string of the molecule is Nc1cccnc1C(=O)Cc1cncs1. The van der Waals surface area contributed by atoms with E-state index in [9.17, 15) is 4.79 Å². The molecule has 4 nitrogen and oxygen atoms in total. The third-order valence-electron chi connectivity index (χ3n) is 1.92. The van der Waals surface area contributed by atoms with Crippen molar-refractivity contribution in [2.24, 2.45) is 0 Å². The second-order valence-corrected chi connectivity index (χ2v) is 3.98. The minimum Gasteiger partial charge on any atom is -0.397 e. The summed E-state index contributed by atoms with van der Waals surface area (Å²) in [4.78, 5) is 20.6. The summed E-state index contributed by atoms with van der Waals surface area (Å²) in [5.41, 5.74) is 8.12. The summed E-state index contributed by atoms with van der Waals surface area (Å²) in [7, 11) is 0. The summed E-state index contributed by atoms with van der Waals surface area (Å²) in [6.07, 6.45) is 3.56. The monoisotopic (exact) mass is 219 g/mol. The largest absolute Gasteiger partial charge is 0.397 e. The van der Waals surface area contributed by atoms with Gasteiger partial charge in [-0.25, -0.2) is 0 Å². The summed E-state index contributed by atoms with van der Waals surface area (Å²) >= 11 is 1.45. The van der Waals surface area contributed by atoms with Gasteiger partial charge in [0, 0.05) is 23.7 Å². The molecular weight excluding hydrogens is 210 g/mol. The number of nitrogens with two attached hydrogens (primary N) is 1. The number of thiazole rings is 1. The fraction of sp³-hybridized carbons (Fsp3) is 0.100. The molecule has 2 rings (SSSR count). The van der Waals surface area contributed by atoms with Gasteiger partial charge < -0.3 is 5.73 Å². The topological polar surface area (TPSA) is 68.9 Å². The lowest BCUT2D eigenvalue weighted by atomic mass is 10.1. The smallest absolute Gasteiger partial charge is 0.188 e. The average Bonchev–Trinajstić information content (AvgIpc) is 2.71. The van der Waals surface area contributed by atoms with Crippen LogP contribution < -0.4 is 5.73 Å². The van der Waals surface area contributed by atoms with Gasteiger partial charge in [-0.2, -0.15) is 0 Å². The van der Waals surface area contributed by atoms with Gasteiger partial charge in [-0.05, 0) is 12.1 Å². The Kier molecular flexibility index (Phi) is 2.73. The van der Waals surface area contributed by atoms with E-state index in [1.54, 1.807) is 30.0 Å². The van der Waals surface area contributed by atoms with Crippen molar-refractivity contribution in [3.63, 3.8) is 0 Å². The van der Waals surface area contributed by atoms with E-state index in [0.717, 1.165) is 4.88 Å². The zero-order valence-electron chi connectivity index (χ0n) is 7.88. The summed E-state index contributed by atoms with van der Waals surface area (Å²) < 4.78 is 0. The van der Waals surface area contributed by atoms with Crippen LogP contribution in [0.3, 0.4) is 0 Å². The molecule has 0 aliphatic heterocycles. The Bertz CT molecular complexity index is 467. The molecule has 0 aromatic carbocycles. The number of nitrogens with zero attached hydrogens (tertiary/aromatic N) is 2. The number of pyridine rings is 1. The molecule has 0 radical (unpaired) electrons. The van der Waals surface area contributed by atoms with Crippen LogP contribution in [0.2, 0.25) is 0 Å². The van der Waals surface area contributed by atoms with E-state index in [2.05, 4.69) is 9.97 Å². The quantitative estimate of drug-likeness (QED) is 0.795. The van der Waals surface area contributed by atoms with E-state index >= 15 is 0 Å². The van der Waals surface area contributed by atoms with Crippen molar-refractivity contribution in [1.82, 2.24) is 9.97 Å². The lowest BCUT2D eigenvalue weighted by Gasteiger charge is -2.01. The first-order valence-electron chi connectivity index (χ1n) is 4.38. The van der Waals surface area contributed by atoms with Crippen LogP contribution in [-0.4, -0.2) is 15.8 Å². The molecule has 0 bridgehead atoms. The minimum absolute atomic E-state index is 0.0719. The number of Topliss-reactive ketones (excluding diaryl/α,β-unsaturated/α-hetero) is 1. The Hall–Kier alpha value is -1.75. The van der Waals surface area contributed by atoms with E-state index in [-0.39, 0.29) is 5.78 Å². The lowest BCUT2D eigenvalue weighted by Crippen LogP contribution is -2.08. The fourth-order valence-electron chi connectivity index (χ4n) is 1.22. The van der Waals surface area contributed by atoms with E-state index in [4.69, 9.17) is 5.73 Å². The van der Waals surface area contributed by atoms with Crippen LogP contribution in [0.5, 0.6) is 0 Å². The molecule has 0 aliphatic rings. The average molecular weight is 219 g/mol. The zero-order chi connectivity index (χ0) is 10.7. The highest BCUT2D eigenvalue weighted by molar-refractivity contribution is 7.09. The van der Waals surface area contributed by atoms with Crippen LogP contribution in [0.1, 0.15) is 15.4 Å². The van der Waals surface area contributed by atoms with Gasteiger partial charge in [0.2, 0.25) is 0 Å².